The molecule has 2 rings (SSSR count). The van der Waals surface area contributed by atoms with Crippen molar-refractivity contribution in [2.45, 2.75) is 11.1 Å². The molecule has 0 radical (unpaired) electrons. The minimum Gasteiger partial charge on any atom is -0.323 e. The zero-order valence-corrected chi connectivity index (χ0v) is 12.7. The van der Waals surface area contributed by atoms with E-state index in [2.05, 4.69) is 21.9 Å². The molecule has 0 aliphatic carbocycles. The van der Waals surface area contributed by atoms with Gasteiger partial charge in [-0.2, -0.15) is 4.98 Å². The summed E-state index contributed by atoms with van der Waals surface area (Å²) in [5.41, 5.74) is 6.08. The van der Waals surface area contributed by atoms with E-state index in [0.717, 1.165) is 24.5 Å². The summed E-state index contributed by atoms with van der Waals surface area (Å²) in [5, 5.41) is 0.494. The molecule has 1 unspecified atom stereocenters. The predicted molar refractivity (Wildman–Crippen MR) is 78.9 cm³/mol. The fourth-order valence-corrected chi connectivity index (χ4v) is 2.55. The molecule has 0 amide bonds. The lowest BCUT2D eigenvalue weighted by Gasteiger charge is -2.37. The van der Waals surface area contributed by atoms with Crippen molar-refractivity contribution >= 4 is 41.7 Å². The van der Waals surface area contributed by atoms with Gasteiger partial charge < -0.3 is 15.5 Å². The Bertz CT molecular complexity index is 406. The quantitative estimate of drug-likeness (QED) is 0.656. The van der Waals surface area contributed by atoms with Crippen molar-refractivity contribution < 1.29 is 0 Å². The average molecular weight is 310 g/mol. The van der Waals surface area contributed by atoms with Crippen LogP contribution in [0.1, 0.15) is 0 Å². The lowest BCUT2D eigenvalue weighted by Crippen LogP contribution is -2.56. The number of nitrogens with two attached hydrogens (primary N) is 1. The monoisotopic (exact) mass is 309 g/mol. The highest BCUT2D eigenvalue weighted by atomic mass is 35.5. The van der Waals surface area contributed by atoms with Gasteiger partial charge in [-0.1, -0.05) is 11.6 Å². The maximum Gasteiger partial charge on any atom is 0.228 e. The zero-order valence-electron chi connectivity index (χ0n) is 10.3. The molecule has 1 aliphatic heterocycles. The van der Waals surface area contributed by atoms with Gasteiger partial charge in [0.05, 0.1) is 11.1 Å². The standard InChI is InChI=1S/C10H16ClN5S.ClH/c1-15-3-4-16(8(12)6-15)10-13-5-7(17-2)9(11)14-10;/h5,8H,3-4,6,12H2,1-2H3;1H. The van der Waals surface area contributed by atoms with Gasteiger partial charge in [-0.25, -0.2) is 4.98 Å². The third-order valence-corrected chi connectivity index (χ3v) is 3.94. The number of piperazine rings is 1. The maximum atomic E-state index is 6.08. The Morgan fingerprint density at radius 1 is 1.50 bits per heavy atom. The van der Waals surface area contributed by atoms with E-state index in [1.54, 1.807) is 6.20 Å². The number of rotatable bonds is 2. The van der Waals surface area contributed by atoms with Crippen LogP contribution in [0, 0.1) is 0 Å². The highest BCUT2D eigenvalue weighted by Crippen LogP contribution is 2.24. The minimum atomic E-state index is -0.0788. The van der Waals surface area contributed by atoms with Crippen LogP contribution in [0.15, 0.2) is 11.1 Å². The average Bonchev–Trinajstić information content (AvgIpc) is 2.29. The summed E-state index contributed by atoms with van der Waals surface area (Å²) < 4.78 is 0. The third-order valence-electron chi connectivity index (χ3n) is 2.80. The Balaban J connectivity index is 0.00000162. The smallest absolute Gasteiger partial charge is 0.228 e. The molecule has 1 aliphatic rings. The number of nitrogens with zero attached hydrogens (tertiary/aromatic N) is 4. The molecule has 102 valence electrons. The van der Waals surface area contributed by atoms with Crippen LogP contribution in [0.3, 0.4) is 0 Å². The molecular weight excluding hydrogens is 293 g/mol. The van der Waals surface area contributed by atoms with Crippen molar-refractivity contribution in [3.63, 3.8) is 0 Å². The Hall–Kier alpha value is -0.270. The maximum absolute atomic E-state index is 6.08. The van der Waals surface area contributed by atoms with Gasteiger partial charge in [-0.05, 0) is 13.3 Å². The fourth-order valence-electron chi connectivity index (χ4n) is 1.82. The van der Waals surface area contributed by atoms with Gasteiger partial charge in [0, 0.05) is 25.8 Å². The van der Waals surface area contributed by atoms with Gasteiger partial charge in [0.1, 0.15) is 5.15 Å². The van der Waals surface area contributed by atoms with E-state index in [-0.39, 0.29) is 18.6 Å². The van der Waals surface area contributed by atoms with E-state index in [1.807, 2.05) is 11.2 Å². The molecule has 0 bridgehead atoms. The molecule has 2 N–H and O–H groups in total. The zero-order chi connectivity index (χ0) is 12.4. The minimum absolute atomic E-state index is 0. The van der Waals surface area contributed by atoms with Crippen LogP contribution < -0.4 is 10.6 Å². The van der Waals surface area contributed by atoms with Crippen molar-refractivity contribution in [3.05, 3.63) is 11.3 Å². The number of halogens is 2. The first-order valence-electron chi connectivity index (χ1n) is 5.39. The second-order valence-electron chi connectivity index (χ2n) is 4.05. The number of likely N-dealkylation sites (N-methyl/N-ethyl adjacent to an activating group) is 1. The first kappa shape index (κ1) is 15.8. The van der Waals surface area contributed by atoms with Gasteiger partial charge in [0.25, 0.3) is 0 Å². The Kier molecular flexibility index (Phi) is 5.94. The van der Waals surface area contributed by atoms with Crippen LogP contribution in [0.25, 0.3) is 0 Å². The van der Waals surface area contributed by atoms with Crippen LogP contribution in [0.4, 0.5) is 5.95 Å². The molecule has 0 saturated carbocycles. The van der Waals surface area contributed by atoms with Crippen molar-refractivity contribution in [2.75, 3.05) is 37.8 Å². The second-order valence-corrected chi connectivity index (χ2v) is 5.26. The normalized spacial score (nSPS) is 20.7. The van der Waals surface area contributed by atoms with E-state index in [4.69, 9.17) is 17.3 Å². The Morgan fingerprint density at radius 2 is 2.22 bits per heavy atom. The second kappa shape index (κ2) is 6.77. The number of hydrogen-bond donors (Lipinski definition) is 1. The number of anilines is 1. The molecule has 1 atom stereocenters. The number of aromatic nitrogens is 2. The van der Waals surface area contributed by atoms with Crippen molar-refractivity contribution in [1.82, 2.24) is 14.9 Å². The van der Waals surface area contributed by atoms with Crippen LogP contribution in [0.2, 0.25) is 5.15 Å². The highest BCUT2D eigenvalue weighted by Gasteiger charge is 2.24. The largest absolute Gasteiger partial charge is 0.323 e. The summed E-state index contributed by atoms with van der Waals surface area (Å²) >= 11 is 7.61. The molecular formula is C10H17Cl2N5S. The van der Waals surface area contributed by atoms with Crippen molar-refractivity contribution in [3.8, 4) is 0 Å². The molecule has 0 aromatic carbocycles. The summed E-state index contributed by atoms with van der Waals surface area (Å²) in [4.78, 5) is 13.7. The molecule has 18 heavy (non-hydrogen) atoms. The number of thioether (sulfide) groups is 1. The number of hydrogen-bond acceptors (Lipinski definition) is 6. The Morgan fingerprint density at radius 3 is 2.78 bits per heavy atom. The summed E-state index contributed by atoms with van der Waals surface area (Å²) in [7, 11) is 2.06. The Labute approximate surface area is 122 Å². The summed E-state index contributed by atoms with van der Waals surface area (Å²) in [6, 6.07) is 0. The lowest BCUT2D eigenvalue weighted by atomic mass is 10.3. The molecule has 8 heteroatoms. The first-order chi connectivity index (χ1) is 8.11. The molecule has 5 nitrogen and oxygen atoms in total. The fraction of sp³-hybridized carbons (Fsp3) is 0.600. The van der Waals surface area contributed by atoms with Crippen molar-refractivity contribution in [2.24, 2.45) is 5.73 Å². The lowest BCUT2D eigenvalue weighted by molar-refractivity contribution is 0.268. The van der Waals surface area contributed by atoms with Crippen LogP contribution >= 0.6 is 35.8 Å². The van der Waals surface area contributed by atoms with Crippen molar-refractivity contribution in [1.29, 1.82) is 0 Å². The van der Waals surface area contributed by atoms with Gasteiger partial charge in [-0.15, -0.1) is 24.2 Å². The molecule has 1 aromatic rings. The van der Waals surface area contributed by atoms with E-state index in [9.17, 15) is 0 Å². The van der Waals surface area contributed by atoms with E-state index in [1.165, 1.54) is 11.8 Å². The molecule has 2 heterocycles. The van der Waals surface area contributed by atoms with E-state index >= 15 is 0 Å². The van der Waals surface area contributed by atoms with Crippen LogP contribution in [-0.2, 0) is 0 Å². The summed E-state index contributed by atoms with van der Waals surface area (Å²) in [6.45, 7) is 2.59. The van der Waals surface area contributed by atoms with E-state index < -0.39 is 0 Å². The first-order valence-corrected chi connectivity index (χ1v) is 6.99. The molecule has 1 fully saturated rings. The van der Waals surface area contributed by atoms with Gasteiger partial charge in [0.15, 0.2) is 0 Å². The highest BCUT2D eigenvalue weighted by molar-refractivity contribution is 7.98. The van der Waals surface area contributed by atoms with Gasteiger partial charge in [-0.3, -0.25) is 0 Å². The summed E-state index contributed by atoms with van der Waals surface area (Å²) in [5.74, 6) is 0.619. The molecule has 0 spiro atoms. The SMILES string of the molecule is CSc1cnc(N2CCN(C)CC2N)nc1Cl.Cl. The molecule has 1 aromatic heterocycles. The van der Waals surface area contributed by atoms with E-state index in [0.29, 0.717) is 11.1 Å². The summed E-state index contributed by atoms with van der Waals surface area (Å²) in [6.07, 6.45) is 3.62. The third kappa shape index (κ3) is 3.39. The predicted octanol–water partition coefficient (Wildman–Crippen LogP) is 1.31. The van der Waals surface area contributed by atoms with Crippen LogP contribution in [-0.4, -0.2) is 54.0 Å². The van der Waals surface area contributed by atoms with Crippen LogP contribution in [0.5, 0.6) is 0 Å². The van der Waals surface area contributed by atoms with Gasteiger partial charge >= 0.3 is 0 Å². The molecule has 1 saturated heterocycles. The van der Waals surface area contributed by atoms with Gasteiger partial charge in [0.2, 0.25) is 5.95 Å². The topological polar surface area (TPSA) is 58.3 Å².